The zero-order valence-corrected chi connectivity index (χ0v) is 22.9. The fraction of sp³-hybridized carbons (Fsp3) is 0.370. The number of hydrogen-bond donors (Lipinski definition) is 0. The minimum Gasteiger partial charge on any atom is -0.435 e. The van der Waals surface area contributed by atoms with E-state index in [2.05, 4.69) is 25.6 Å². The quantitative estimate of drug-likeness (QED) is 0.284. The molecule has 0 unspecified atom stereocenters. The number of rotatable bonds is 9. The summed E-state index contributed by atoms with van der Waals surface area (Å²) in [5, 5.41) is 16.3. The molecule has 0 aliphatic rings. The van der Waals surface area contributed by atoms with Crippen molar-refractivity contribution in [2.45, 2.75) is 53.3 Å². The van der Waals surface area contributed by atoms with Gasteiger partial charge in [0, 0.05) is 30.4 Å². The number of nitrogens with zero attached hydrogens (tertiary/aromatic N) is 8. The molecule has 4 rings (SSSR count). The number of hydrogen-bond acceptors (Lipinski definition) is 9. The zero-order chi connectivity index (χ0) is 28.1. The molecule has 0 aliphatic carbocycles. The highest BCUT2D eigenvalue weighted by Gasteiger charge is 2.26. The number of benzene rings is 1. The van der Waals surface area contributed by atoms with E-state index in [1.807, 2.05) is 45.0 Å². The molecule has 3 heterocycles. The van der Waals surface area contributed by atoms with Crippen LogP contribution in [0.4, 0.5) is 10.6 Å². The number of anilines is 1. The molecule has 12 heteroatoms. The van der Waals surface area contributed by atoms with Gasteiger partial charge in [-0.05, 0) is 73.9 Å². The molecule has 0 radical (unpaired) electrons. The van der Waals surface area contributed by atoms with Gasteiger partial charge in [-0.15, -0.1) is 5.10 Å². The topological polar surface area (TPSA) is 130 Å². The Morgan fingerprint density at radius 3 is 2.51 bits per heavy atom. The number of pyridine rings is 1. The Balaban J connectivity index is 1.65. The minimum atomic E-state index is -0.821. The highest BCUT2D eigenvalue weighted by atomic mass is 16.7. The van der Waals surface area contributed by atoms with Crippen molar-refractivity contribution in [3.05, 3.63) is 59.9 Å². The fourth-order valence-corrected chi connectivity index (χ4v) is 4.20. The SMILES string of the molecule is CCOC(=O)O[C@@H](C)n1nnnc1-c1c(-c2ccc(C(=O)N(c3ncccc3C)[C@@H](C)CC)cc2)cnn1C. The maximum absolute atomic E-state index is 13.6. The number of aryl methyl sites for hydroxylation is 2. The second kappa shape index (κ2) is 11.8. The van der Waals surface area contributed by atoms with Crippen LogP contribution in [0, 0.1) is 6.92 Å². The summed E-state index contributed by atoms with van der Waals surface area (Å²) in [7, 11) is 1.77. The molecule has 0 saturated carbocycles. The molecular formula is C27H32N8O4. The number of carbonyl (C=O) groups excluding carboxylic acids is 2. The maximum atomic E-state index is 13.6. The Kier molecular flexibility index (Phi) is 8.33. The van der Waals surface area contributed by atoms with Gasteiger partial charge in [0.15, 0.2) is 6.23 Å². The Morgan fingerprint density at radius 1 is 1.10 bits per heavy atom. The van der Waals surface area contributed by atoms with E-state index >= 15 is 0 Å². The molecule has 0 bridgehead atoms. The Labute approximate surface area is 226 Å². The number of tetrazole rings is 1. The van der Waals surface area contributed by atoms with E-state index in [0.29, 0.717) is 22.9 Å². The van der Waals surface area contributed by atoms with Crippen molar-refractivity contribution in [3.8, 4) is 22.6 Å². The highest BCUT2D eigenvalue weighted by Crippen LogP contribution is 2.32. The first kappa shape index (κ1) is 27.4. The van der Waals surface area contributed by atoms with Gasteiger partial charge in [0.25, 0.3) is 5.91 Å². The second-order valence-corrected chi connectivity index (χ2v) is 9.03. The van der Waals surface area contributed by atoms with Crippen molar-refractivity contribution >= 4 is 17.9 Å². The van der Waals surface area contributed by atoms with Crippen molar-refractivity contribution in [2.24, 2.45) is 7.05 Å². The van der Waals surface area contributed by atoms with Crippen molar-refractivity contribution < 1.29 is 19.1 Å². The monoisotopic (exact) mass is 532 g/mol. The van der Waals surface area contributed by atoms with Gasteiger partial charge in [-0.25, -0.2) is 9.78 Å². The first-order valence-corrected chi connectivity index (χ1v) is 12.8. The molecule has 0 saturated heterocycles. The molecule has 39 heavy (non-hydrogen) atoms. The van der Waals surface area contributed by atoms with Crippen LogP contribution in [0.5, 0.6) is 0 Å². The normalized spacial score (nSPS) is 12.6. The van der Waals surface area contributed by atoms with E-state index in [0.717, 1.165) is 23.1 Å². The van der Waals surface area contributed by atoms with E-state index in [1.54, 1.807) is 55.0 Å². The van der Waals surface area contributed by atoms with Gasteiger partial charge in [-0.1, -0.05) is 25.1 Å². The summed E-state index contributed by atoms with van der Waals surface area (Å²) in [6, 6.07) is 11.1. The van der Waals surface area contributed by atoms with E-state index in [4.69, 9.17) is 9.47 Å². The highest BCUT2D eigenvalue weighted by molar-refractivity contribution is 6.06. The van der Waals surface area contributed by atoms with Crippen LogP contribution < -0.4 is 4.90 Å². The van der Waals surface area contributed by atoms with Crippen LogP contribution in [0.25, 0.3) is 22.6 Å². The van der Waals surface area contributed by atoms with Gasteiger partial charge >= 0.3 is 6.16 Å². The van der Waals surface area contributed by atoms with Gasteiger partial charge in [0.1, 0.15) is 11.5 Å². The van der Waals surface area contributed by atoms with Gasteiger partial charge < -0.3 is 9.47 Å². The average Bonchev–Trinajstić information content (AvgIpc) is 3.56. The van der Waals surface area contributed by atoms with Gasteiger partial charge in [0.05, 0.1) is 12.8 Å². The lowest BCUT2D eigenvalue weighted by molar-refractivity contribution is 0.00140. The van der Waals surface area contributed by atoms with Crippen LogP contribution in [-0.4, -0.2) is 59.7 Å². The summed E-state index contributed by atoms with van der Waals surface area (Å²) in [6.07, 6.45) is 2.55. The smallest absolute Gasteiger partial charge is 0.435 e. The van der Waals surface area contributed by atoms with Crippen LogP contribution in [0.2, 0.25) is 0 Å². The lowest BCUT2D eigenvalue weighted by Crippen LogP contribution is -2.39. The number of carbonyl (C=O) groups is 2. The molecule has 0 aliphatic heterocycles. The third-order valence-electron chi connectivity index (χ3n) is 6.42. The molecule has 1 amide bonds. The van der Waals surface area contributed by atoms with E-state index < -0.39 is 12.4 Å². The van der Waals surface area contributed by atoms with E-state index in [1.165, 1.54) is 4.68 Å². The molecule has 3 aromatic heterocycles. The lowest BCUT2D eigenvalue weighted by atomic mass is 10.0. The third-order valence-corrected chi connectivity index (χ3v) is 6.42. The van der Waals surface area contributed by atoms with Crippen LogP contribution >= 0.6 is 0 Å². The van der Waals surface area contributed by atoms with Crippen LogP contribution in [0.3, 0.4) is 0 Å². The molecule has 2 atom stereocenters. The fourth-order valence-electron chi connectivity index (χ4n) is 4.20. The predicted molar refractivity (Wildman–Crippen MR) is 144 cm³/mol. The summed E-state index contributed by atoms with van der Waals surface area (Å²) in [5.74, 6) is 0.884. The predicted octanol–water partition coefficient (Wildman–Crippen LogP) is 4.58. The first-order valence-electron chi connectivity index (χ1n) is 12.8. The molecule has 0 fully saturated rings. The molecule has 0 spiro atoms. The molecule has 0 N–H and O–H groups in total. The molecular weight excluding hydrogens is 500 g/mol. The van der Waals surface area contributed by atoms with Crippen molar-refractivity contribution in [2.75, 3.05) is 11.5 Å². The first-order chi connectivity index (χ1) is 18.8. The standard InChI is InChI=1S/C27H32N8O4/c1-7-18(4)34(24-17(3)10-9-15-28-24)26(36)21-13-11-20(12-14-21)22-16-29-33(6)23(22)25-30-31-32-35(25)19(5)39-27(37)38-8-2/h9-16,18-19H,7-8H2,1-6H3/t18-,19-/m0/s1. The Hall–Kier alpha value is -4.61. The molecule has 12 nitrogen and oxygen atoms in total. The van der Waals surface area contributed by atoms with E-state index in [-0.39, 0.29) is 18.6 Å². The average molecular weight is 533 g/mol. The van der Waals surface area contributed by atoms with Crippen LogP contribution in [-0.2, 0) is 16.5 Å². The minimum absolute atomic E-state index is 0.0339. The summed E-state index contributed by atoms with van der Waals surface area (Å²) in [4.78, 5) is 31.7. The number of ether oxygens (including phenoxy) is 2. The Bertz CT molecular complexity index is 1450. The summed E-state index contributed by atoms with van der Waals surface area (Å²) in [6.45, 7) is 9.52. The van der Waals surface area contributed by atoms with Crippen LogP contribution in [0.1, 0.15) is 56.3 Å². The van der Waals surface area contributed by atoms with Crippen molar-refractivity contribution in [3.63, 3.8) is 0 Å². The Morgan fingerprint density at radius 2 is 1.85 bits per heavy atom. The summed E-state index contributed by atoms with van der Waals surface area (Å²) >= 11 is 0. The van der Waals surface area contributed by atoms with Crippen molar-refractivity contribution in [1.82, 2.24) is 35.0 Å². The summed E-state index contributed by atoms with van der Waals surface area (Å²) in [5.41, 5.74) is 3.64. The molecule has 204 valence electrons. The van der Waals surface area contributed by atoms with Gasteiger partial charge in [-0.3, -0.25) is 14.4 Å². The lowest BCUT2D eigenvalue weighted by Gasteiger charge is -2.29. The zero-order valence-electron chi connectivity index (χ0n) is 22.9. The summed E-state index contributed by atoms with van der Waals surface area (Å²) < 4.78 is 13.2. The van der Waals surface area contributed by atoms with Crippen LogP contribution in [0.15, 0.2) is 48.8 Å². The maximum Gasteiger partial charge on any atom is 0.510 e. The van der Waals surface area contributed by atoms with E-state index in [9.17, 15) is 9.59 Å². The second-order valence-electron chi connectivity index (χ2n) is 9.03. The molecule has 4 aromatic rings. The largest absolute Gasteiger partial charge is 0.510 e. The number of amides is 1. The third kappa shape index (κ3) is 5.64. The van der Waals surface area contributed by atoms with Gasteiger partial charge in [0.2, 0.25) is 5.82 Å². The van der Waals surface area contributed by atoms with Gasteiger partial charge in [-0.2, -0.15) is 9.78 Å². The van der Waals surface area contributed by atoms with Crippen molar-refractivity contribution in [1.29, 1.82) is 0 Å². The molecule has 1 aromatic carbocycles. The number of aromatic nitrogens is 7.